The molecule has 2 heterocycles. The molecule has 0 bridgehead atoms. The van der Waals surface area contributed by atoms with E-state index in [1.165, 1.54) is 9.70 Å². The molecular formula is C23H30N6O3. The number of carbonyl (C=O) groups is 2. The maximum atomic E-state index is 13.2. The van der Waals surface area contributed by atoms with Crippen LogP contribution >= 0.6 is 0 Å². The molecule has 0 aliphatic heterocycles. The maximum absolute atomic E-state index is 13.2. The summed E-state index contributed by atoms with van der Waals surface area (Å²) in [4.78, 5) is 28.4. The zero-order valence-corrected chi connectivity index (χ0v) is 19.4. The molecule has 170 valence electrons. The number of rotatable bonds is 7. The second-order valence-corrected chi connectivity index (χ2v) is 9.08. The Bertz CT molecular complexity index is 1080. The average Bonchev–Trinajstić information content (AvgIpc) is 3.33. The molecule has 0 saturated carbocycles. The topological polar surface area (TPSA) is 106 Å². The Morgan fingerprint density at radius 2 is 1.81 bits per heavy atom. The molecular weight excluding hydrogens is 408 g/mol. The average molecular weight is 439 g/mol. The number of aryl methyl sites for hydroxylation is 1. The van der Waals surface area contributed by atoms with Crippen molar-refractivity contribution in [2.45, 2.75) is 59.5 Å². The number of aromatic nitrogens is 4. The molecule has 0 aliphatic carbocycles. The van der Waals surface area contributed by atoms with Crippen molar-refractivity contribution in [1.29, 1.82) is 0 Å². The van der Waals surface area contributed by atoms with Gasteiger partial charge in [0.1, 0.15) is 18.8 Å². The Hall–Kier alpha value is -3.49. The van der Waals surface area contributed by atoms with E-state index in [2.05, 4.69) is 34.6 Å². The second kappa shape index (κ2) is 9.33. The molecule has 3 aromatic rings. The molecule has 0 unspecified atom stereocenters. The van der Waals surface area contributed by atoms with Crippen LogP contribution in [0.1, 0.15) is 51.9 Å². The Labute approximate surface area is 187 Å². The number of hydrogen-bond donors (Lipinski definition) is 1. The lowest BCUT2D eigenvalue weighted by atomic mass is 10.0. The summed E-state index contributed by atoms with van der Waals surface area (Å²) in [6.45, 7) is 11.4. The van der Waals surface area contributed by atoms with Gasteiger partial charge in [-0.3, -0.25) is 9.59 Å². The highest BCUT2D eigenvalue weighted by atomic mass is 16.3. The highest BCUT2D eigenvalue weighted by molar-refractivity contribution is 5.98. The molecule has 1 aromatic carbocycles. The van der Waals surface area contributed by atoms with E-state index in [0.29, 0.717) is 23.2 Å². The zero-order chi connectivity index (χ0) is 23.5. The van der Waals surface area contributed by atoms with E-state index in [0.717, 1.165) is 11.3 Å². The quantitative estimate of drug-likeness (QED) is 0.607. The van der Waals surface area contributed by atoms with E-state index in [9.17, 15) is 9.59 Å². The molecule has 2 aromatic heterocycles. The monoisotopic (exact) mass is 438 g/mol. The number of hydrogen-bond acceptors (Lipinski definition) is 6. The summed E-state index contributed by atoms with van der Waals surface area (Å²) in [5.74, 6) is 1.29. The largest absolute Gasteiger partial charge is 0.458 e. The molecule has 0 saturated heterocycles. The van der Waals surface area contributed by atoms with Crippen LogP contribution in [0.2, 0.25) is 0 Å². The first-order valence-electron chi connectivity index (χ1n) is 10.6. The van der Waals surface area contributed by atoms with Crippen LogP contribution in [0, 0.1) is 6.92 Å². The predicted octanol–water partition coefficient (Wildman–Crippen LogP) is 3.31. The van der Waals surface area contributed by atoms with E-state index in [1.54, 1.807) is 12.1 Å². The number of anilines is 1. The van der Waals surface area contributed by atoms with Crippen molar-refractivity contribution in [2.24, 2.45) is 0 Å². The van der Waals surface area contributed by atoms with E-state index in [-0.39, 0.29) is 24.9 Å². The van der Waals surface area contributed by atoms with Gasteiger partial charge >= 0.3 is 0 Å². The summed E-state index contributed by atoms with van der Waals surface area (Å²) in [7, 11) is 0. The zero-order valence-electron chi connectivity index (χ0n) is 19.4. The minimum absolute atomic E-state index is 0.115. The van der Waals surface area contributed by atoms with Gasteiger partial charge in [0.25, 0.3) is 5.91 Å². The fourth-order valence-corrected chi connectivity index (χ4v) is 3.13. The minimum atomic E-state index is -0.406. The van der Waals surface area contributed by atoms with Gasteiger partial charge in [0.2, 0.25) is 11.7 Å². The lowest BCUT2D eigenvalue weighted by molar-refractivity contribution is -0.125. The van der Waals surface area contributed by atoms with Crippen LogP contribution in [0.3, 0.4) is 0 Å². The molecule has 9 nitrogen and oxygen atoms in total. The molecule has 9 heteroatoms. The number of nitrogens with zero attached hydrogens (tertiary/aromatic N) is 5. The molecule has 0 fully saturated rings. The highest BCUT2D eigenvalue weighted by Gasteiger charge is 2.23. The van der Waals surface area contributed by atoms with E-state index < -0.39 is 5.54 Å². The maximum Gasteiger partial charge on any atom is 0.251 e. The first-order valence-corrected chi connectivity index (χ1v) is 10.6. The highest BCUT2D eigenvalue weighted by Crippen LogP contribution is 2.21. The van der Waals surface area contributed by atoms with Crippen LogP contribution in [-0.4, -0.2) is 44.1 Å². The standard InChI is InChI=1S/C23H30N6O3/c1-15(2)17-8-10-18(11-9-17)28(13-20(30)24-23(4,5)6)21(31)14-29-26-22(25-27-29)19-12-7-16(3)32-19/h7-12,15H,13-14H2,1-6H3,(H,24,30). The molecule has 3 rings (SSSR count). The molecule has 0 radical (unpaired) electrons. The van der Waals surface area contributed by atoms with Crippen molar-refractivity contribution < 1.29 is 14.0 Å². The van der Waals surface area contributed by atoms with E-state index in [4.69, 9.17) is 4.42 Å². The molecule has 0 aliphatic rings. The van der Waals surface area contributed by atoms with Crippen LogP contribution < -0.4 is 10.2 Å². The molecule has 1 N–H and O–H groups in total. The Morgan fingerprint density at radius 3 is 2.38 bits per heavy atom. The Morgan fingerprint density at radius 1 is 1.12 bits per heavy atom. The minimum Gasteiger partial charge on any atom is -0.458 e. The van der Waals surface area contributed by atoms with Gasteiger partial charge in [-0.1, -0.05) is 26.0 Å². The summed E-state index contributed by atoms with van der Waals surface area (Å²) in [6.07, 6.45) is 0. The van der Waals surface area contributed by atoms with Gasteiger partial charge in [0.15, 0.2) is 5.76 Å². The normalized spacial score (nSPS) is 11.6. The van der Waals surface area contributed by atoms with Crippen molar-refractivity contribution in [1.82, 2.24) is 25.5 Å². The number of nitrogens with one attached hydrogen (secondary N) is 1. The smallest absolute Gasteiger partial charge is 0.251 e. The summed E-state index contributed by atoms with van der Waals surface area (Å²) >= 11 is 0. The predicted molar refractivity (Wildman–Crippen MR) is 121 cm³/mol. The lowest BCUT2D eigenvalue weighted by Gasteiger charge is -2.26. The molecule has 0 spiro atoms. The van der Waals surface area contributed by atoms with Crippen LogP contribution in [0.15, 0.2) is 40.8 Å². The van der Waals surface area contributed by atoms with Crippen molar-refractivity contribution in [3.05, 3.63) is 47.7 Å². The third-order valence-electron chi connectivity index (χ3n) is 4.68. The van der Waals surface area contributed by atoms with Gasteiger partial charge in [-0.2, -0.15) is 4.80 Å². The first-order chi connectivity index (χ1) is 15.0. The number of carbonyl (C=O) groups excluding carboxylic acids is 2. The molecule has 0 atom stereocenters. The van der Waals surface area contributed by atoms with Crippen molar-refractivity contribution in [2.75, 3.05) is 11.4 Å². The van der Waals surface area contributed by atoms with Gasteiger partial charge in [-0.25, -0.2) is 0 Å². The van der Waals surface area contributed by atoms with Crippen LogP contribution in [-0.2, 0) is 16.1 Å². The summed E-state index contributed by atoms with van der Waals surface area (Å²) in [6, 6.07) is 11.2. The lowest BCUT2D eigenvalue weighted by Crippen LogP contribution is -2.48. The van der Waals surface area contributed by atoms with Gasteiger partial charge in [0.05, 0.1) is 0 Å². The van der Waals surface area contributed by atoms with Gasteiger partial charge in [0, 0.05) is 11.2 Å². The van der Waals surface area contributed by atoms with Crippen molar-refractivity contribution >= 4 is 17.5 Å². The fraction of sp³-hybridized carbons (Fsp3) is 0.435. The third-order valence-corrected chi connectivity index (χ3v) is 4.68. The van der Waals surface area contributed by atoms with Crippen molar-refractivity contribution in [3.63, 3.8) is 0 Å². The summed E-state index contributed by atoms with van der Waals surface area (Å²) in [5.41, 5.74) is 1.37. The number of tetrazole rings is 1. The van der Waals surface area contributed by atoms with Crippen molar-refractivity contribution in [3.8, 4) is 11.6 Å². The third kappa shape index (κ3) is 6.03. The first kappa shape index (κ1) is 23.2. The van der Waals surface area contributed by atoms with E-state index >= 15 is 0 Å². The number of amides is 2. The SMILES string of the molecule is Cc1ccc(-c2nnn(CC(=O)N(CC(=O)NC(C)(C)C)c3ccc(C(C)C)cc3)n2)o1. The molecule has 2 amide bonds. The van der Waals surface area contributed by atoms with Crippen LogP contribution in [0.4, 0.5) is 5.69 Å². The van der Waals surface area contributed by atoms with E-state index in [1.807, 2.05) is 52.0 Å². The second-order valence-electron chi connectivity index (χ2n) is 9.08. The Balaban J connectivity index is 1.81. The Kier molecular flexibility index (Phi) is 6.76. The number of furan rings is 1. The molecule has 32 heavy (non-hydrogen) atoms. The van der Waals surface area contributed by atoms with Crippen LogP contribution in [0.25, 0.3) is 11.6 Å². The van der Waals surface area contributed by atoms with Gasteiger partial charge < -0.3 is 14.6 Å². The number of benzene rings is 1. The van der Waals surface area contributed by atoms with Crippen LogP contribution in [0.5, 0.6) is 0 Å². The van der Waals surface area contributed by atoms with Gasteiger partial charge in [-0.15, -0.1) is 10.2 Å². The summed E-state index contributed by atoms with van der Waals surface area (Å²) < 4.78 is 5.51. The van der Waals surface area contributed by atoms with Gasteiger partial charge in [-0.05, 0) is 68.7 Å². The summed E-state index contributed by atoms with van der Waals surface area (Å²) in [5, 5.41) is 15.1. The fourth-order valence-electron chi connectivity index (χ4n) is 3.13.